The predicted octanol–water partition coefficient (Wildman–Crippen LogP) is 3.27. The number of piperidine rings is 1. The van der Waals surface area contributed by atoms with E-state index in [2.05, 4.69) is 5.32 Å². The van der Waals surface area contributed by atoms with Crippen LogP contribution in [0.5, 0.6) is 5.75 Å². The van der Waals surface area contributed by atoms with E-state index in [0.717, 1.165) is 5.56 Å². The van der Waals surface area contributed by atoms with Gasteiger partial charge in [-0.3, -0.25) is 9.59 Å². The average Bonchev–Trinajstić information content (AvgIpc) is 2.72. The van der Waals surface area contributed by atoms with E-state index in [4.69, 9.17) is 16.3 Å². The van der Waals surface area contributed by atoms with E-state index in [1.54, 1.807) is 29.2 Å². The Hall–Kier alpha value is -2.53. The first-order valence-corrected chi connectivity index (χ1v) is 9.47. The average molecular weight is 387 g/mol. The quantitative estimate of drug-likeness (QED) is 0.828. The maximum atomic E-state index is 12.3. The molecule has 1 aliphatic rings. The largest absolute Gasteiger partial charge is 0.484 e. The van der Waals surface area contributed by atoms with Crippen molar-refractivity contribution in [3.63, 3.8) is 0 Å². The molecule has 0 atom stereocenters. The zero-order valence-corrected chi connectivity index (χ0v) is 15.8. The molecule has 0 bridgehead atoms. The first-order chi connectivity index (χ1) is 13.1. The van der Waals surface area contributed by atoms with Crippen molar-refractivity contribution in [2.45, 2.75) is 19.4 Å². The van der Waals surface area contributed by atoms with E-state index >= 15 is 0 Å². The molecule has 0 aromatic heterocycles. The summed E-state index contributed by atoms with van der Waals surface area (Å²) < 4.78 is 5.51. The number of amides is 2. The minimum Gasteiger partial charge on any atom is -0.484 e. The number of benzene rings is 2. The van der Waals surface area contributed by atoms with Gasteiger partial charge >= 0.3 is 0 Å². The Kier molecular flexibility index (Phi) is 6.71. The number of nitrogens with zero attached hydrogens (tertiary/aromatic N) is 1. The minimum atomic E-state index is -0.0620. The number of carbonyl (C=O) groups is 2. The summed E-state index contributed by atoms with van der Waals surface area (Å²) in [6, 6.07) is 16.8. The zero-order chi connectivity index (χ0) is 19.1. The van der Waals surface area contributed by atoms with Crippen molar-refractivity contribution < 1.29 is 14.3 Å². The lowest BCUT2D eigenvalue weighted by atomic mass is 9.96. The molecular weight excluding hydrogens is 364 g/mol. The number of halogens is 1. The third-order valence-corrected chi connectivity index (χ3v) is 4.96. The van der Waals surface area contributed by atoms with E-state index in [1.165, 1.54) is 0 Å². The van der Waals surface area contributed by atoms with Crippen LogP contribution in [-0.4, -0.2) is 36.4 Å². The molecule has 0 unspecified atom stereocenters. The van der Waals surface area contributed by atoms with Gasteiger partial charge in [0.15, 0.2) is 6.61 Å². The lowest BCUT2D eigenvalue weighted by molar-refractivity contribution is -0.137. The Bertz CT molecular complexity index is 757. The molecule has 1 saturated heterocycles. The summed E-state index contributed by atoms with van der Waals surface area (Å²) in [7, 11) is 0. The Morgan fingerprint density at radius 2 is 1.70 bits per heavy atom. The fourth-order valence-corrected chi connectivity index (χ4v) is 3.21. The van der Waals surface area contributed by atoms with Crippen LogP contribution >= 0.6 is 11.6 Å². The van der Waals surface area contributed by atoms with Gasteiger partial charge in [0.2, 0.25) is 5.91 Å². The van der Waals surface area contributed by atoms with Crippen LogP contribution in [0.4, 0.5) is 0 Å². The summed E-state index contributed by atoms with van der Waals surface area (Å²) in [5.74, 6) is 0.564. The smallest absolute Gasteiger partial charge is 0.260 e. The molecule has 2 aromatic carbocycles. The van der Waals surface area contributed by atoms with Crippen molar-refractivity contribution in [1.29, 1.82) is 0 Å². The Labute approximate surface area is 164 Å². The number of nitrogens with one attached hydrogen (secondary N) is 1. The van der Waals surface area contributed by atoms with Gasteiger partial charge in [0.25, 0.3) is 5.91 Å². The van der Waals surface area contributed by atoms with Crippen LogP contribution < -0.4 is 10.1 Å². The van der Waals surface area contributed by atoms with E-state index in [1.807, 2.05) is 30.3 Å². The second-order valence-corrected chi connectivity index (χ2v) is 7.04. The molecular formula is C21H23ClN2O3. The van der Waals surface area contributed by atoms with Crippen LogP contribution in [0.1, 0.15) is 18.4 Å². The van der Waals surface area contributed by atoms with Crippen molar-refractivity contribution in [1.82, 2.24) is 10.2 Å². The number of likely N-dealkylation sites (tertiary alicyclic amines) is 1. The molecule has 0 aliphatic carbocycles. The monoisotopic (exact) mass is 386 g/mol. The molecule has 1 aliphatic heterocycles. The molecule has 0 saturated carbocycles. The van der Waals surface area contributed by atoms with Crippen LogP contribution in [0.2, 0.25) is 5.02 Å². The topological polar surface area (TPSA) is 58.6 Å². The maximum Gasteiger partial charge on any atom is 0.260 e. The highest BCUT2D eigenvalue weighted by atomic mass is 35.5. The van der Waals surface area contributed by atoms with Crippen LogP contribution in [0.25, 0.3) is 0 Å². The Morgan fingerprint density at radius 1 is 1.04 bits per heavy atom. The van der Waals surface area contributed by atoms with Crippen LogP contribution in [0.3, 0.4) is 0 Å². The van der Waals surface area contributed by atoms with E-state index in [0.29, 0.717) is 43.2 Å². The van der Waals surface area contributed by atoms with E-state index < -0.39 is 0 Å². The first kappa shape index (κ1) is 19.2. The highest BCUT2D eigenvalue weighted by molar-refractivity contribution is 6.30. The number of hydrogen-bond acceptors (Lipinski definition) is 3. The van der Waals surface area contributed by atoms with Crippen molar-refractivity contribution in [3.8, 4) is 5.75 Å². The van der Waals surface area contributed by atoms with Crippen molar-refractivity contribution in [2.75, 3.05) is 19.7 Å². The normalized spacial score (nSPS) is 14.6. The molecule has 1 heterocycles. The van der Waals surface area contributed by atoms with Gasteiger partial charge in [0, 0.05) is 30.6 Å². The number of ether oxygens (including phenoxy) is 1. The third kappa shape index (κ3) is 5.73. The maximum absolute atomic E-state index is 12.3. The molecule has 6 heteroatoms. The van der Waals surface area contributed by atoms with Gasteiger partial charge in [0.05, 0.1) is 0 Å². The minimum absolute atomic E-state index is 0.00744. The van der Waals surface area contributed by atoms with E-state index in [-0.39, 0.29) is 24.3 Å². The molecule has 0 radical (unpaired) electrons. The van der Waals surface area contributed by atoms with Crippen molar-refractivity contribution in [3.05, 3.63) is 65.2 Å². The van der Waals surface area contributed by atoms with Gasteiger partial charge in [-0.05, 0) is 42.7 Å². The number of rotatable bonds is 6. The highest BCUT2D eigenvalue weighted by Gasteiger charge is 2.27. The molecule has 2 amide bonds. The molecule has 3 rings (SSSR count). The molecule has 2 aromatic rings. The molecule has 0 spiro atoms. The first-order valence-electron chi connectivity index (χ1n) is 9.09. The SMILES string of the molecule is O=C(NCc1ccccc1)C1CCN(C(=O)COc2ccc(Cl)cc2)CC1. The van der Waals surface area contributed by atoms with Crippen LogP contribution in [0.15, 0.2) is 54.6 Å². The molecule has 27 heavy (non-hydrogen) atoms. The van der Waals surface area contributed by atoms with Gasteiger partial charge in [-0.1, -0.05) is 41.9 Å². The Balaban J connectivity index is 1.39. The molecule has 142 valence electrons. The van der Waals surface area contributed by atoms with Crippen molar-refractivity contribution in [2.24, 2.45) is 5.92 Å². The fourth-order valence-electron chi connectivity index (χ4n) is 3.09. The van der Waals surface area contributed by atoms with Crippen LogP contribution in [0, 0.1) is 5.92 Å². The summed E-state index contributed by atoms with van der Waals surface area (Å²) in [6.07, 6.45) is 1.35. The molecule has 1 N–H and O–H groups in total. The second-order valence-electron chi connectivity index (χ2n) is 6.60. The number of carbonyl (C=O) groups excluding carboxylic acids is 2. The van der Waals surface area contributed by atoms with E-state index in [9.17, 15) is 9.59 Å². The number of hydrogen-bond donors (Lipinski definition) is 1. The standard InChI is InChI=1S/C21H23ClN2O3/c22-18-6-8-19(9-7-18)27-15-20(25)24-12-10-17(11-13-24)21(26)23-14-16-4-2-1-3-5-16/h1-9,17H,10-15H2,(H,23,26). The summed E-state index contributed by atoms with van der Waals surface area (Å²) in [5, 5.41) is 3.61. The van der Waals surface area contributed by atoms with Gasteiger partial charge in [-0.15, -0.1) is 0 Å². The summed E-state index contributed by atoms with van der Waals surface area (Å²) >= 11 is 5.83. The highest BCUT2D eigenvalue weighted by Crippen LogP contribution is 2.19. The summed E-state index contributed by atoms with van der Waals surface area (Å²) in [6.45, 7) is 1.68. The van der Waals surface area contributed by atoms with Gasteiger partial charge < -0.3 is 15.0 Å². The van der Waals surface area contributed by atoms with Crippen molar-refractivity contribution >= 4 is 23.4 Å². The summed E-state index contributed by atoms with van der Waals surface area (Å²) in [5.41, 5.74) is 1.08. The molecule has 5 nitrogen and oxygen atoms in total. The van der Waals surface area contributed by atoms with Crippen LogP contribution in [-0.2, 0) is 16.1 Å². The second kappa shape index (κ2) is 9.42. The zero-order valence-electron chi connectivity index (χ0n) is 15.1. The lowest BCUT2D eigenvalue weighted by Crippen LogP contribution is -2.44. The predicted molar refractivity (Wildman–Crippen MR) is 105 cm³/mol. The van der Waals surface area contributed by atoms with Gasteiger partial charge in [-0.2, -0.15) is 0 Å². The van der Waals surface area contributed by atoms with Gasteiger partial charge in [-0.25, -0.2) is 0 Å². The Morgan fingerprint density at radius 3 is 2.37 bits per heavy atom. The fraction of sp³-hybridized carbons (Fsp3) is 0.333. The van der Waals surface area contributed by atoms with Gasteiger partial charge in [0.1, 0.15) is 5.75 Å². The molecule has 1 fully saturated rings. The lowest BCUT2D eigenvalue weighted by Gasteiger charge is -2.31. The summed E-state index contributed by atoms with van der Waals surface area (Å²) in [4.78, 5) is 26.4. The third-order valence-electron chi connectivity index (χ3n) is 4.70.